The number of aromatic nitrogens is 1. The minimum Gasteiger partial charge on any atom is -0.384 e. The standard InChI is InChI=1S/C18H8Br2N4OS3/c19-13-3-1-8(26-13)5-12-17(25)24-16(23)9(6-21)15(10(7-22)18(24)28-12)11-2-4-14(20)27-11/h1-5,15H,23H2/t15-/m1/s1. The molecule has 0 bridgehead atoms. The molecule has 3 aromatic rings. The molecule has 10 heteroatoms. The number of rotatable bonds is 2. The summed E-state index contributed by atoms with van der Waals surface area (Å²) in [6.07, 6.45) is 1.78. The highest BCUT2D eigenvalue weighted by Gasteiger charge is 2.33. The van der Waals surface area contributed by atoms with Crippen LogP contribution >= 0.6 is 65.9 Å². The number of halogens is 2. The first-order chi connectivity index (χ1) is 13.4. The van der Waals surface area contributed by atoms with Crippen molar-refractivity contribution in [3.63, 3.8) is 0 Å². The fourth-order valence-corrected chi connectivity index (χ4v) is 7.06. The molecule has 28 heavy (non-hydrogen) atoms. The van der Waals surface area contributed by atoms with Crippen LogP contribution in [0.15, 0.2) is 42.2 Å². The van der Waals surface area contributed by atoms with E-state index in [1.54, 1.807) is 6.08 Å². The molecule has 1 aliphatic heterocycles. The number of thiazole rings is 1. The van der Waals surface area contributed by atoms with E-state index in [1.807, 2.05) is 24.3 Å². The summed E-state index contributed by atoms with van der Waals surface area (Å²) in [4.78, 5) is 14.7. The van der Waals surface area contributed by atoms with Gasteiger partial charge in [-0.15, -0.1) is 34.0 Å². The Balaban J connectivity index is 2.07. The molecule has 0 fully saturated rings. The van der Waals surface area contributed by atoms with Crippen LogP contribution in [0.2, 0.25) is 0 Å². The Hall–Kier alpha value is -1.95. The highest BCUT2D eigenvalue weighted by Crippen LogP contribution is 2.40. The summed E-state index contributed by atoms with van der Waals surface area (Å²) in [7, 11) is 0. The Morgan fingerprint density at radius 3 is 2.29 bits per heavy atom. The molecule has 0 amide bonds. The number of nitriles is 2. The molecule has 0 unspecified atom stereocenters. The second-order valence-corrected chi connectivity index (χ2v) is 11.7. The number of thiophene rings is 2. The second kappa shape index (κ2) is 7.47. The van der Waals surface area contributed by atoms with Gasteiger partial charge in [0.05, 0.1) is 41.3 Å². The third-order valence-corrected chi connectivity index (χ3v) is 8.50. The molecule has 3 aromatic heterocycles. The van der Waals surface area contributed by atoms with Crippen molar-refractivity contribution in [1.82, 2.24) is 4.57 Å². The highest BCUT2D eigenvalue weighted by atomic mass is 79.9. The van der Waals surface area contributed by atoms with Crippen LogP contribution < -0.4 is 20.5 Å². The zero-order valence-electron chi connectivity index (χ0n) is 13.8. The predicted octanol–water partition coefficient (Wildman–Crippen LogP) is 3.51. The molecule has 0 aromatic carbocycles. The molecule has 0 radical (unpaired) electrons. The molecule has 2 N–H and O–H groups in total. The Morgan fingerprint density at radius 2 is 1.71 bits per heavy atom. The zero-order chi connectivity index (χ0) is 20.0. The number of hydrogen-bond donors (Lipinski definition) is 1. The van der Waals surface area contributed by atoms with Crippen LogP contribution in [0.25, 0.3) is 17.5 Å². The molecular formula is C18H8Br2N4OS3. The molecule has 1 aliphatic rings. The van der Waals surface area contributed by atoms with Gasteiger partial charge in [0.1, 0.15) is 10.5 Å². The number of fused-ring (bicyclic) bond motifs is 1. The number of nitrogens with zero attached hydrogens (tertiary/aromatic N) is 3. The third kappa shape index (κ3) is 3.11. The van der Waals surface area contributed by atoms with Crippen molar-refractivity contribution < 1.29 is 0 Å². The summed E-state index contributed by atoms with van der Waals surface area (Å²) < 4.78 is 4.07. The van der Waals surface area contributed by atoms with Gasteiger partial charge in [0.2, 0.25) is 0 Å². The summed E-state index contributed by atoms with van der Waals surface area (Å²) in [5.74, 6) is -0.493. The van der Waals surface area contributed by atoms with E-state index in [4.69, 9.17) is 5.73 Å². The maximum atomic E-state index is 13.0. The van der Waals surface area contributed by atoms with Crippen molar-refractivity contribution in [1.29, 1.82) is 10.5 Å². The highest BCUT2D eigenvalue weighted by molar-refractivity contribution is 9.11. The molecule has 0 saturated carbocycles. The second-order valence-electron chi connectivity index (χ2n) is 5.71. The van der Waals surface area contributed by atoms with E-state index >= 15 is 0 Å². The van der Waals surface area contributed by atoms with Gasteiger partial charge in [-0.25, -0.2) is 0 Å². The lowest BCUT2D eigenvalue weighted by molar-refractivity contribution is 0.914. The molecule has 0 saturated heterocycles. The normalized spacial score (nSPS) is 16.8. The summed E-state index contributed by atoms with van der Waals surface area (Å²) >= 11 is 11.0. The fraction of sp³-hybridized carbons (Fsp3) is 0.0556. The Morgan fingerprint density at radius 1 is 1.04 bits per heavy atom. The number of hydrogen-bond acceptors (Lipinski definition) is 7. The zero-order valence-corrected chi connectivity index (χ0v) is 19.4. The lowest BCUT2D eigenvalue weighted by Gasteiger charge is -2.20. The Bertz CT molecular complexity index is 1410. The lowest BCUT2D eigenvalue weighted by Crippen LogP contribution is -2.38. The first-order valence-electron chi connectivity index (χ1n) is 7.73. The van der Waals surface area contributed by atoms with E-state index < -0.39 is 5.92 Å². The molecule has 0 aliphatic carbocycles. The summed E-state index contributed by atoms with van der Waals surface area (Å²) in [5.41, 5.74) is 6.48. The minimum absolute atomic E-state index is 0.0827. The average molecular weight is 552 g/mol. The van der Waals surface area contributed by atoms with Crippen molar-refractivity contribution in [2.75, 3.05) is 0 Å². The van der Waals surface area contributed by atoms with Crippen LogP contribution in [0.4, 0.5) is 0 Å². The first-order valence-corrected chi connectivity index (χ1v) is 11.8. The molecule has 1 atom stereocenters. The van der Waals surface area contributed by atoms with Gasteiger partial charge in [0, 0.05) is 9.75 Å². The monoisotopic (exact) mass is 550 g/mol. The largest absolute Gasteiger partial charge is 0.384 e. The predicted molar refractivity (Wildman–Crippen MR) is 120 cm³/mol. The van der Waals surface area contributed by atoms with Crippen molar-refractivity contribution in [2.24, 2.45) is 5.73 Å². The van der Waals surface area contributed by atoms with Gasteiger partial charge in [-0.2, -0.15) is 10.5 Å². The van der Waals surface area contributed by atoms with Gasteiger partial charge in [0.15, 0.2) is 0 Å². The molecular weight excluding hydrogens is 544 g/mol. The van der Waals surface area contributed by atoms with E-state index in [2.05, 4.69) is 44.0 Å². The number of allylic oxidation sites excluding steroid dienone is 1. The van der Waals surface area contributed by atoms with Crippen molar-refractivity contribution >= 4 is 83.3 Å². The topological polar surface area (TPSA) is 95.6 Å². The lowest BCUT2D eigenvalue weighted by atomic mass is 9.89. The first kappa shape index (κ1) is 19.4. The summed E-state index contributed by atoms with van der Waals surface area (Å²) in [6.45, 7) is 0. The van der Waals surface area contributed by atoms with E-state index in [1.165, 1.54) is 38.6 Å². The van der Waals surface area contributed by atoms with Crippen molar-refractivity contribution in [3.05, 3.63) is 66.7 Å². The van der Waals surface area contributed by atoms with E-state index in [-0.39, 0.29) is 17.0 Å². The molecule has 138 valence electrons. The van der Waals surface area contributed by atoms with Crippen LogP contribution in [-0.2, 0) is 0 Å². The van der Waals surface area contributed by atoms with Crippen LogP contribution in [0.5, 0.6) is 0 Å². The quantitative estimate of drug-likeness (QED) is 0.527. The van der Waals surface area contributed by atoms with E-state index in [9.17, 15) is 15.3 Å². The SMILES string of the molecule is N#CC1=C(N)n2c(sc(=Cc3ccc(Br)s3)c2=O)=C(C#N)[C@@H]1c1ccc(Br)s1. The molecule has 4 rings (SSSR count). The van der Waals surface area contributed by atoms with Gasteiger partial charge in [-0.05, 0) is 62.2 Å². The maximum Gasteiger partial charge on any atom is 0.274 e. The molecule has 0 spiro atoms. The summed E-state index contributed by atoms with van der Waals surface area (Å²) in [6, 6.07) is 11.9. The van der Waals surface area contributed by atoms with Gasteiger partial charge in [-0.1, -0.05) is 0 Å². The van der Waals surface area contributed by atoms with Crippen LogP contribution in [0, 0.1) is 22.7 Å². The van der Waals surface area contributed by atoms with Crippen LogP contribution in [0.1, 0.15) is 15.7 Å². The molecule has 5 nitrogen and oxygen atoms in total. The van der Waals surface area contributed by atoms with Crippen LogP contribution in [-0.4, -0.2) is 4.57 Å². The smallest absolute Gasteiger partial charge is 0.274 e. The van der Waals surface area contributed by atoms with Crippen LogP contribution in [0.3, 0.4) is 0 Å². The van der Waals surface area contributed by atoms with Gasteiger partial charge in [0.25, 0.3) is 5.56 Å². The minimum atomic E-state index is -0.576. The summed E-state index contributed by atoms with van der Waals surface area (Å²) in [5, 5.41) is 19.6. The maximum absolute atomic E-state index is 13.0. The van der Waals surface area contributed by atoms with Gasteiger partial charge < -0.3 is 5.73 Å². The van der Waals surface area contributed by atoms with E-state index in [0.717, 1.165) is 17.3 Å². The average Bonchev–Trinajstić information content (AvgIpc) is 3.35. The van der Waals surface area contributed by atoms with Crippen molar-refractivity contribution in [2.45, 2.75) is 5.92 Å². The van der Waals surface area contributed by atoms with Crippen molar-refractivity contribution in [3.8, 4) is 12.1 Å². The third-order valence-electron chi connectivity index (χ3n) is 4.13. The Labute approximate surface area is 187 Å². The fourth-order valence-electron chi connectivity index (χ4n) is 2.95. The number of nitrogens with two attached hydrogens (primary N) is 1. The van der Waals surface area contributed by atoms with Gasteiger partial charge in [-0.3, -0.25) is 9.36 Å². The van der Waals surface area contributed by atoms with Gasteiger partial charge >= 0.3 is 0 Å². The Kier molecular flexibility index (Phi) is 5.17. The van der Waals surface area contributed by atoms with E-state index in [0.29, 0.717) is 14.8 Å². The molecule has 4 heterocycles.